The Morgan fingerprint density at radius 3 is 2.36 bits per heavy atom. The number of rotatable bonds is 6. The number of hydrogen-bond donors (Lipinski definition) is 1. The molecule has 6 rings (SSSR count). The van der Waals surface area contributed by atoms with Crippen molar-refractivity contribution in [2.45, 2.75) is 25.6 Å². The van der Waals surface area contributed by atoms with Gasteiger partial charge in [0.05, 0.1) is 24.4 Å². The van der Waals surface area contributed by atoms with Crippen LogP contribution in [0.15, 0.2) is 91.0 Å². The molecule has 7 nitrogen and oxygen atoms in total. The van der Waals surface area contributed by atoms with Gasteiger partial charge in [-0.1, -0.05) is 36.4 Å². The summed E-state index contributed by atoms with van der Waals surface area (Å²) in [5.41, 5.74) is 4.24. The smallest absolute Gasteiger partial charge is 0.340 e. The molecule has 1 spiro atoms. The maximum absolute atomic E-state index is 13.0. The van der Waals surface area contributed by atoms with E-state index in [1.165, 1.54) is 7.11 Å². The first-order valence-corrected chi connectivity index (χ1v) is 12.9. The second-order valence-electron chi connectivity index (χ2n) is 9.57. The lowest BCUT2D eigenvalue weighted by Crippen LogP contribution is -2.39. The van der Waals surface area contributed by atoms with Gasteiger partial charge in [0.2, 0.25) is 0 Å². The molecule has 1 N–H and O–H groups in total. The number of carbonyl (C=O) groups excluding carboxylic acids is 2. The van der Waals surface area contributed by atoms with Crippen LogP contribution in [0.4, 0.5) is 11.4 Å². The maximum Gasteiger partial charge on any atom is 0.340 e. The molecule has 0 aromatic heterocycles. The van der Waals surface area contributed by atoms with Crippen LogP contribution in [0.25, 0.3) is 0 Å². The van der Waals surface area contributed by atoms with E-state index >= 15 is 0 Å². The first-order valence-electron chi connectivity index (χ1n) is 12.9. The lowest BCUT2D eigenvalue weighted by molar-refractivity contribution is 0.0224. The zero-order valence-electron chi connectivity index (χ0n) is 21.9. The number of para-hydroxylation sites is 1. The van der Waals surface area contributed by atoms with Crippen molar-refractivity contribution in [2.75, 3.05) is 23.9 Å². The van der Waals surface area contributed by atoms with E-state index in [1.807, 2.05) is 78.9 Å². The van der Waals surface area contributed by atoms with Crippen LogP contribution in [-0.2, 0) is 15.1 Å². The van der Waals surface area contributed by atoms with Gasteiger partial charge in [-0.15, -0.1) is 0 Å². The minimum atomic E-state index is -1.07. The van der Waals surface area contributed by atoms with Gasteiger partial charge >= 0.3 is 11.9 Å². The zero-order valence-corrected chi connectivity index (χ0v) is 21.9. The molecular weight excluding hydrogens is 492 g/mol. The van der Waals surface area contributed by atoms with Crippen LogP contribution < -0.4 is 15.0 Å². The largest absolute Gasteiger partial charge is 0.465 e. The Morgan fingerprint density at radius 1 is 0.923 bits per heavy atom. The van der Waals surface area contributed by atoms with Crippen molar-refractivity contribution in [3.8, 4) is 11.5 Å². The molecule has 0 bridgehead atoms. The fraction of sp³-hybridized carbons (Fsp3) is 0.188. The molecule has 196 valence electrons. The van der Waals surface area contributed by atoms with E-state index in [1.54, 1.807) is 12.1 Å². The van der Waals surface area contributed by atoms with Crippen LogP contribution in [-0.4, -0.2) is 31.8 Å². The van der Waals surface area contributed by atoms with Crippen LogP contribution in [0.1, 0.15) is 51.3 Å². The number of carbonyl (C=O) groups is 2. The number of nitrogens with one attached hydrogen (secondary N) is 1. The fourth-order valence-electron chi connectivity index (χ4n) is 5.61. The van der Waals surface area contributed by atoms with Crippen molar-refractivity contribution in [1.29, 1.82) is 0 Å². The van der Waals surface area contributed by atoms with Crippen molar-refractivity contribution >= 4 is 23.3 Å². The highest BCUT2D eigenvalue weighted by molar-refractivity contribution is 5.97. The number of esters is 2. The monoisotopic (exact) mass is 520 g/mol. The summed E-state index contributed by atoms with van der Waals surface area (Å²) in [6.07, 6.45) is -0.0769. The van der Waals surface area contributed by atoms with Gasteiger partial charge in [-0.3, -0.25) is 0 Å². The van der Waals surface area contributed by atoms with E-state index < -0.39 is 5.60 Å². The molecule has 0 saturated carbocycles. The van der Waals surface area contributed by atoms with E-state index in [0.29, 0.717) is 22.6 Å². The Labute approximate surface area is 226 Å². The van der Waals surface area contributed by atoms with E-state index in [0.717, 1.165) is 34.6 Å². The van der Waals surface area contributed by atoms with Crippen molar-refractivity contribution in [3.05, 3.63) is 119 Å². The summed E-state index contributed by atoms with van der Waals surface area (Å²) in [5, 5.41) is 3.50. The van der Waals surface area contributed by atoms with E-state index in [4.69, 9.17) is 14.2 Å². The Kier molecular flexibility index (Phi) is 5.99. The molecular formula is C32H28N2O5. The summed E-state index contributed by atoms with van der Waals surface area (Å²) >= 11 is 0. The lowest BCUT2D eigenvalue weighted by atomic mass is 9.77. The Balaban J connectivity index is 1.36. The van der Waals surface area contributed by atoms with Crippen molar-refractivity contribution in [1.82, 2.24) is 0 Å². The Bertz CT molecular complexity index is 1580. The minimum absolute atomic E-state index is 0.0769. The number of nitrogens with zero attached hydrogens (tertiary/aromatic N) is 1. The average molecular weight is 521 g/mol. The van der Waals surface area contributed by atoms with Crippen LogP contribution in [0.5, 0.6) is 11.5 Å². The van der Waals surface area contributed by atoms with Crippen molar-refractivity contribution < 1.29 is 23.8 Å². The molecule has 0 fully saturated rings. The number of anilines is 2. The van der Waals surface area contributed by atoms with Gasteiger partial charge in [-0.25, -0.2) is 9.59 Å². The van der Waals surface area contributed by atoms with Crippen molar-refractivity contribution in [3.63, 3.8) is 0 Å². The summed E-state index contributed by atoms with van der Waals surface area (Å²) in [6, 6.07) is 28.5. The summed E-state index contributed by atoms with van der Waals surface area (Å²) in [6.45, 7) is 4.89. The second-order valence-corrected chi connectivity index (χ2v) is 9.57. The van der Waals surface area contributed by atoms with E-state index in [2.05, 4.69) is 24.1 Å². The highest BCUT2D eigenvalue weighted by atomic mass is 16.6. The maximum atomic E-state index is 13.0. The molecule has 2 unspecified atom stereocenters. The van der Waals surface area contributed by atoms with Gasteiger partial charge in [-0.2, -0.15) is 0 Å². The first kappa shape index (κ1) is 24.6. The highest BCUT2D eigenvalue weighted by Gasteiger charge is 2.53. The molecule has 4 aromatic carbocycles. The van der Waals surface area contributed by atoms with Crippen LogP contribution in [0, 0.1) is 0 Å². The third-order valence-corrected chi connectivity index (χ3v) is 7.42. The number of ether oxygens (including phenoxy) is 3. The summed E-state index contributed by atoms with van der Waals surface area (Å²) in [4.78, 5) is 27.0. The molecule has 0 aliphatic carbocycles. The van der Waals surface area contributed by atoms with Gasteiger partial charge in [0.15, 0.2) is 5.60 Å². The van der Waals surface area contributed by atoms with Gasteiger partial charge < -0.3 is 24.4 Å². The second kappa shape index (κ2) is 9.51. The summed E-state index contributed by atoms with van der Waals surface area (Å²) in [7, 11) is 1.37. The molecule has 39 heavy (non-hydrogen) atoms. The predicted octanol–water partition coefficient (Wildman–Crippen LogP) is 6.33. The van der Waals surface area contributed by atoms with Crippen LogP contribution in [0.2, 0.25) is 0 Å². The standard InChI is InChI=1S/C32H28N2O5/c1-4-34(20(2)33-22-15-13-21(14-16-22)30(35)37-3)23-17-18-27-29(19-23)38-28-12-8-7-11-26(28)32(27)25-10-6-5-9-24(25)31(36)39-32/h5-20,33H,4H2,1-3H3. The normalized spacial score (nSPS) is 17.3. The van der Waals surface area contributed by atoms with Gasteiger partial charge in [0, 0.05) is 40.7 Å². The number of benzene rings is 4. The molecule has 2 aliphatic heterocycles. The van der Waals surface area contributed by atoms with Crippen molar-refractivity contribution in [2.24, 2.45) is 0 Å². The number of hydrogen-bond acceptors (Lipinski definition) is 7. The first-order chi connectivity index (χ1) is 19.0. The van der Waals surface area contributed by atoms with E-state index in [9.17, 15) is 9.59 Å². The molecule has 4 aromatic rings. The zero-order chi connectivity index (χ0) is 27.1. The van der Waals surface area contributed by atoms with Gasteiger partial charge in [0.25, 0.3) is 0 Å². The average Bonchev–Trinajstić information content (AvgIpc) is 3.26. The highest BCUT2D eigenvalue weighted by Crippen LogP contribution is 2.56. The topological polar surface area (TPSA) is 77.1 Å². The molecule has 0 amide bonds. The molecule has 2 aliphatic rings. The summed E-state index contributed by atoms with van der Waals surface area (Å²) in [5.74, 6) is 0.590. The lowest BCUT2D eigenvalue weighted by Gasteiger charge is -2.38. The number of fused-ring (bicyclic) bond motifs is 6. The van der Waals surface area contributed by atoms with Crippen LogP contribution in [0.3, 0.4) is 0 Å². The molecule has 7 heteroatoms. The summed E-state index contributed by atoms with van der Waals surface area (Å²) < 4.78 is 17.4. The van der Waals surface area contributed by atoms with Gasteiger partial charge in [-0.05, 0) is 62.4 Å². The predicted molar refractivity (Wildman–Crippen MR) is 149 cm³/mol. The quantitative estimate of drug-likeness (QED) is 0.235. The van der Waals surface area contributed by atoms with E-state index in [-0.39, 0.29) is 18.1 Å². The molecule has 2 heterocycles. The SMILES string of the molecule is CCN(c1ccc2c(c1)Oc1ccccc1C21OC(=O)c2ccccc21)C(C)Nc1ccc(C(=O)OC)cc1. The molecule has 2 atom stereocenters. The number of methoxy groups -OCH3 is 1. The third kappa shape index (κ3) is 3.89. The third-order valence-electron chi connectivity index (χ3n) is 7.42. The minimum Gasteiger partial charge on any atom is -0.465 e. The Hall–Kier alpha value is -4.78. The fourth-order valence-corrected chi connectivity index (χ4v) is 5.61. The molecule has 0 saturated heterocycles. The Morgan fingerprint density at radius 2 is 1.62 bits per heavy atom. The van der Waals surface area contributed by atoms with Gasteiger partial charge in [0.1, 0.15) is 11.5 Å². The van der Waals surface area contributed by atoms with Crippen LogP contribution >= 0.6 is 0 Å². The molecule has 0 radical (unpaired) electrons.